The van der Waals surface area contributed by atoms with E-state index in [4.69, 9.17) is 4.52 Å². The van der Waals surface area contributed by atoms with Gasteiger partial charge in [-0.3, -0.25) is 4.79 Å². The van der Waals surface area contributed by atoms with Crippen LogP contribution in [-0.4, -0.2) is 27.3 Å². The molecule has 5 heteroatoms. The summed E-state index contributed by atoms with van der Waals surface area (Å²) in [5, 5.41) is 16.2. The van der Waals surface area contributed by atoms with Crippen LogP contribution in [0.5, 0.6) is 0 Å². The van der Waals surface area contributed by atoms with Crippen molar-refractivity contribution in [2.24, 2.45) is 0 Å². The molecule has 0 spiro atoms. The normalized spacial score (nSPS) is 12.6. The average molecular weight is 226 g/mol. The van der Waals surface area contributed by atoms with Crippen molar-refractivity contribution in [2.75, 3.05) is 0 Å². The molecule has 0 aliphatic heterocycles. The first-order valence-corrected chi connectivity index (χ1v) is 5.11. The van der Waals surface area contributed by atoms with Gasteiger partial charge >= 0.3 is 0 Å². The Labute approximate surface area is 94.8 Å². The number of aliphatic hydroxyl groups is 1. The predicted octanol–water partition coefficient (Wildman–Crippen LogP) is 1.26. The molecule has 0 aromatic carbocycles. The quantitative estimate of drug-likeness (QED) is 0.813. The predicted molar refractivity (Wildman–Crippen MR) is 59.1 cm³/mol. The second-order valence-electron chi connectivity index (χ2n) is 4.98. The molecule has 16 heavy (non-hydrogen) atoms. The van der Waals surface area contributed by atoms with Crippen LogP contribution in [0.2, 0.25) is 0 Å². The molecular formula is C11H18N2O3. The van der Waals surface area contributed by atoms with Gasteiger partial charge in [0.05, 0.1) is 17.3 Å². The van der Waals surface area contributed by atoms with Gasteiger partial charge in [0.15, 0.2) is 0 Å². The minimum absolute atomic E-state index is 0.178. The molecule has 0 aliphatic carbocycles. The van der Waals surface area contributed by atoms with E-state index in [2.05, 4.69) is 10.5 Å². The molecule has 0 atom stereocenters. The zero-order valence-corrected chi connectivity index (χ0v) is 10.3. The van der Waals surface area contributed by atoms with Gasteiger partial charge in [0.2, 0.25) is 5.76 Å². The van der Waals surface area contributed by atoms with Crippen LogP contribution in [0.1, 0.15) is 43.8 Å². The molecule has 0 radical (unpaired) electrons. The third-order valence-electron chi connectivity index (χ3n) is 2.91. The standard InChI is InChI=1S/C11H18N2O3/c1-7-6-12-16-8(7)9(14)13-10(2,3)11(4,5)15/h6,15H,1-5H3,(H,13,14). The van der Waals surface area contributed by atoms with Crippen LogP contribution >= 0.6 is 0 Å². The van der Waals surface area contributed by atoms with Gasteiger partial charge in [0, 0.05) is 5.56 Å². The van der Waals surface area contributed by atoms with Gasteiger partial charge in [-0.15, -0.1) is 0 Å². The number of carbonyl (C=O) groups excluding carboxylic acids is 1. The van der Waals surface area contributed by atoms with Crippen LogP contribution in [0, 0.1) is 6.92 Å². The SMILES string of the molecule is Cc1cnoc1C(=O)NC(C)(C)C(C)(C)O. The van der Waals surface area contributed by atoms with Gasteiger partial charge in [-0.2, -0.15) is 0 Å². The number of hydrogen-bond acceptors (Lipinski definition) is 4. The summed E-state index contributed by atoms with van der Waals surface area (Å²) in [5.41, 5.74) is -1.12. The summed E-state index contributed by atoms with van der Waals surface area (Å²) in [6, 6.07) is 0. The van der Waals surface area contributed by atoms with Crippen LogP contribution in [0.4, 0.5) is 0 Å². The first kappa shape index (κ1) is 12.7. The first-order chi connectivity index (χ1) is 7.15. The summed E-state index contributed by atoms with van der Waals surface area (Å²) in [6.45, 7) is 8.51. The van der Waals surface area contributed by atoms with Crippen LogP contribution < -0.4 is 5.32 Å². The molecule has 90 valence electrons. The number of rotatable bonds is 3. The minimum Gasteiger partial charge on any atom is -0.388 e. The van der Waals surface area contributed by atoms with E-state index in [0.717, 1.165) is 0 Å². The van der Waals surface area contributed by atoms with Crippen LogP contribution in [0.3, 0.4) is 0 Å². The molecule has 1 amide bonds. The lowest BCUT2D eigenvalue weighted by Gasteiger charge is -2.37. The fourth-order valence-electron chi connectivity index (χ4n) is 1.00. The molecule has 5 nitrogen and oxygen atoms in total. The van der Waals surface area contributed by atoms with Crippen molar-refractivity contribution in [1.82, 2.24) is 10.5 Å². The van der Waals surface area contributed by atoms with E-state index < -0.39 is 11.1 Å². The molecular weight excluding hydrogens is 208 g/mol. The van der Waals surface area contributed by atoms with Crippen LogP contribution in [-0.2, 0) is 0 Å². The lowest BCUT2D eigenvalue weighted by Crippen LogP contribution is -2.57. The average Bonchev–Trinajstić information content (AvgIpc) is 2.48. The fraction of sp³-hybridized carbons (Fsp3) is 0.636. The molecule has 1 heterocycles. The first-order valence-electron chi connectivity index (χ1n) is 5.11. The van der Waals surface area contributed by atoms with Gasteiger partial charge in [0.25, 0.3) is 5.91 Å². The molecule has 0 unspecified atom stereocenters. The molecule has 0 fully saturated rings. The number of amides is 1. The molecule has 1 aromatic heterocycles. The number of aryl methyl sites for hydroxylation is 1. The molecule has 2 N–H and O–H groups in total. The number of nitrogens with one attached hydrogen (secondary N) is 1. The van der Waals surface area contributed by atoms with E-state index in [0.29, 0.717) is 5.56 Å². The monoisotopic (exact) mass is 226 g/mol. The van der Waals surface area contributed by atoms with E-state index >= 15 is 0 Å². The summed E-state index contributed by atoms with van der Waals surface area (Å²) in [6.07, 6.45) is 1.48. The number of hydrogen-bond donors (Lipinski definition) is 2. The molecule has 0 saturated carbocycles. The van der Waals surface area contributed by atoms with Gasteiger partial charge in [-0.05, 0) is 34.6 Å². The van der Waals surface area contributed by atoms with Crippen molar-refractivity contribution in [3.63, 3.8) is 0 Å². The molecule has 0 bridgehead atoms. The van der Waals surface area contributed by atoms with Crippen molar-refractivity contribution in [1.29, 1.82) is 0 Å². The number of nitrogens with zero attached hydrogens (tertiary/aromatic N) is 1. The van der Waals surface area contributed by atoms with Gasteiger partial charge in [0.1, 0.15) is 0 Å². The highest BCUT2D eigenvalue weighted by molar-refractivity contribution is 5.93. The van der Waals surface area contributed by atoms with E-state index in [1.165, 1.54) is 6.20 Å². The van der Waals surface area contributed by atoms with E-state index in [1.807, 2.05) is 0 Å². The number of carbonyl (C=O) groups is 1. The highest BCUT2D eigenvalue weighted by atomic mass is 16.5. The maximum atomic E-state index is 11.8. The maximum Gasteiger partial charge on any atom is 0.290 e. The summed E-state index contributed by atoms with van der Waals surface area (Å²) in [4.78, 5) is 11.8. The Bertz CT molecular complexity index is 388. The van der Waals surface area contributed by atoms with Crippen molar-refractivity contribution >= 4 is 5.91 Å². The molecule has 1 aromatic rings. The maximum absolute atomic E-state index is 11.8. The van der Waals surface area contributed by atoms with Crippen molar-refractivity contribution in [2.45, 2.75) is 45.8 Å². The zero-order chi connectivity index (χ0) is 12.6. The Hall–Kier alpha value is -1.36. The second-order valence-corrected chi connectivity index (χ2v) is 4.98. The zero-order valence-electron chi connectivity index (χ0n) is 10.3. The third-order valence-corrected chi connectivity index (χ3v) is 2.91. The number of aromatic nitrogens is 1. The fourth-order valence-corrected chi connectivity index (χ4v) is 1.00. The topological polar surface area (TPSA) is 75.4 Å². The smallest absolute Gasteiger partial charge is 0.290 e. The van der Waals surface area contributed by atoms with E-state index in [-0.39, 0.29) is 11.7 Å². The van der Waals surface area contributed by atoms with Crippen LogP contribution in [0.15, 0.2) is 10.7 Å². The summed E-state index contributed by atoms with van der Waals surface area (Å²) >= 11 is 0. The Morgan fingerprint density at radius 3 is 2.38 bits per heavy atom. The minimum atomic E-state index is -1.03. The third kappa shape index (κ3) is 2.41. The van der Waals surface area contributed by atoms with Crippen LogP contribution in [0.25, 0.3) is 0 Å². The highest BCUT2D eigenvalue weighted by Gasteiger charge is 2.37. The Morgan fingerprint density at radius 1 is 1.44 bits per heavy atom. The molecule has 0 saturated heterocycles. The van der Waals surface area contributed by atoms with Crippen molar-refractivity contribution in [3.05, 3.63) is 17.5 Å². The Kier molecular flexibility index (Phi) is 3.10. The van der Waals surface area contributed by atoms with Crippen molar-refractivity contribution in [3.8, 4) is 0 Å². The lowest BCUT2D eigenvalue weighted by molar-refractivity contribution is -0.00355. The second kappa shape index (κ2) is 3.90. The summed E-state index contributed by atoms with van der Waals surface area (Å²) < 4.78 is 4.84. The molecule has 0 aliphatic rings. The van der Waals surface area contributed by atoms with E-state index in [9.17, 15) is 9.90 Å². The van der Waals surface area contributed by atoms with Gasteiger partial charge in [-0.25, -0.2) is 0 Å². The van der Waals surface area contributed by atoms with Gasteiger partial charge < -0.3 is 14.9 Å². The van der Waals surface area contributed by atoms with E-state index in [1.54, 1.807) is 34.6 Å². The summed E-state index contributed by atoms with van der Waals surface area (Å²) in [5.74, 6) is -0.195. The molecule has 1 rings (SSSR count). The Morgan fingerprint density at radius 2 is 2.00 bits per heavy atom. The van der Waals surface area contributed by atoms with Crippen molar-refractivity contribution < 1.29 is 14.4 Å². The van der Waals surface area contributed by atoms with Gasteiger partial charge in [-0.1, -0.05) is 5.16 Å². The summed E-state index contributed by atoms with van der Waals surface area (Å²) in [7, 11) is 0. The lowest BCUT2D eigenvalue weighted by atomic mass is 9.86. The largest absolute Gasteiger partial charge is 0.388 e. The highest BCUT2D eigenvalue weighted by Crippen LogP contribution is 2.21. The Balaban J connectivity index is 2.84.